The average molecular weight is 494 g/mol. The van der Waals surface area contributed by atoms with Gasteiger partial charge in [-0.25, -0.2) is 0 Å². The van der Waals surface area contributed by atoms with E-state index in [2.05, 4.69) is 4.90 Å². The zero-order chi connectivity index (χ0) is 24.9. The Labute approximate surface area is 203 Å². The second-order valence-corrected chi connectivity index (χ2v) is 8.98. The van der Waals surface area contributed by atoms with Crippen LogP contribution in [0.4, 0.5) is 0 Å². The smallest absolute Gasteiger partial charge is 0.317 e. The van der Waals surface area contributed by atoms with Gasteiger partial charge in [0.2, 0.25) is 0 Å². The first-order valence-corrected chi connectivity index (χ1v) is 11.8. The van der Waals surface area contributed by atoms with Gasteiger partial charge in [-0.1, -0.05) is 12.1 Å². The van der Waals surface area contributed by atoms with E-state index in [1.54, 1.807) is 9.80 Å². The summed E-state index contributed by atoms with van der Waals surface area (Å²) in [6.45, 7) is 4.36. The number of carboxylic acid groups (broad SMARTS) is 3. The van der Waals surface area contributed by atoms with Gasteiger partial charge < -0.3 is 15.3 Å². The van der Waals surface area contributed by atoms with Crippen LogP contribution < -0.4 is 0 Å². The lowest BCUT2D eigenvalue weighted by molar-refractivity contribution is -0.140. The van der Waals surface area contributed by atoms with Crippen LogP contribution in [0.1, 0.15) is 5.56 Å². The normalized spacial score (nSPS) is 16.4. The van der Waals surface area contributed by atoms with Crippen LogP contribution in [0.25, 0.3) is 0 Å². The molecule has 0 unspecified atom stereocenters. The number of aliphatic carboxylic acids is 3. The van der Waals surface area contributed by atoms with Gasteiger partial charge in [-0.15, -0.1) is 0 Å². The van der Waals surface area contributed by atoms with Crippen LogP contribution in [-0.2, 0) is 20.9 Å². The lowest BCUT2D eigenvalue weighted by Crippen LogP contribution is -2.42. The van der Waals surface area contributed by atoms with Crippen molar-refractivity contribution in [1.82, 2.24) is 19.6 Å². The summed E-state index contributed by atoms with van der Waals surface area (Å²) in [6.07, 6.45) is 0. The molecule has 0 amide bonds. The Hall–Kier alpha value is -2.69. The topological polar surface area (TPSA) is 149 Å². The fourth-order valence-corrected chi connectivity index (χ4v) is 4.15. The number of carboxylic acids is 3. The van der Waals surface area contributed by atoms with Crippen molar-refractivity contribution >= 4 is 29.7 Å². The van der Waals surface area contributed by atoms with Crippen molar-refractivity contribution in [2.24, 2.45) is 0 Å². The van der Waals surface area contributed by atoms with E-state index in [-0.39, 0.29) is 19.6 Å². The highest BCUT2D eigenvalue weighted by Crippen LogP contribution is 2.17. The molecule has 1 heterocycles. The van der Waals surface area contributed by atoms with Gasteiger partial charge in [-0.2, -0.15) is 5.26 Å². The predicted molar refractivity (Wildman–Crippen MR) is 125 cm³/mol. The molecule has 0 aliphatic carbocycles. The second kappa shape index (κ2) is 14.5. The summed E-state index contributed by atoms with van der Waals surface area (Å²) < 4.78 is 0. The van der Waals surface area contributed by atoms with Gasteiger partial charge in [0, 0.05) is 63.8 Å². The molecule has 34 heavy (non-hydrogen) atoms. The maximum atomic E-state index is 11.4. The van der Waals surface area contributed by atoms with Gasteiger partial charge in [-0.05, 0) is 29.5 Å². The Kier molecular flexibility index (Phi) is 11.8. The fraction of sp³-hybridized carbons (Fsp3) is 0.545. The van der Waals surface area contributed by atoms with E-state index < -0.39 is 17.9 Å². The number of benzene rings is 1. The molecule has 1 aliphatic heterocycles. The van der Waals surface area contributed by atoms with Gasteiger partial charge >= 0.3 is 17.9 Å². The fourth-order valence-electron chi connectivity index (χ4n) is 3.77. The maximum absolute atomic E-state index is 11.4. The molecule has 1 fully saturated rings. The quantitative estimate of drug-likeness (QED) is 0.270. The van der Waals surface area contributed by atoms with Crippen LogP contribution in [0.5, 0.6) is 0 Å². The van der Waals surface area contributed by atoms with E-state index in [4.69, 9.17) is 5.26 Å². The molecule has 0 atom stereocenters. The molecule has 0 saturated carbocycles. The largest absolute Gasteiger partial charge is 0.480 e. The molecule has 0 aromatic heterocycles. The summed E-state index contributed by atoms with van der Waals surface area (Å²) in [7, 11) is 0. The Bertz CT molecular complexity index is 834. The molecular weight excluding hydrogens is 462 g/mol. The number of thioether (sulfide) groups is 1. The molecular formula is C22H31N5O6S. The maximum Gasteiger partial charge on any atom is 0.317 e. The van der Waals surface area contributed by atoms with Crippen LogP contribution in [0, 0.1) is 10.7 Å². The highest BCUT2D eigenvalue weighted by Gasteiger charge is 2.20. The minimum atomic E-state index is -0.929. The third-order valence-corrected chi connectivity index (χ3v) is 6.10. The highest BCUT2D eigenvalue weighted by atomic mass is 32.2. The number of thiocyanates is 1. The number of hydrogen-bond donors (Lipinski definition) is 3. The Morgan fingerprint density at radius 3 is 1.79 bits per heavy atom. The average Bonchev–Trinajstić information content (AvgIpc) is 2.84. The molecule has 0 bridgehead atoms. The number of hydrogen-bond acceptors (Lipinski definition) is 9. The van der Waals surface area contributed by atoms with Crippen LogP contribution in [0.15, 0.2) is 29.2 Å². The molecule has 186 valence electrons. The van der Waals surface area contributed by atoms with E-state index in [0.717, 1.165) is 22.2 Å². The molecule has 1 saturated heterocycles. The zero-order valence-corrected chi connectivity index (χ0v) is 19.8. The Balaban J connectivity index is 2.02. The van der Waals surface area contributed by atoms with E-state index in [1.165, 1.54) is 0 Å². The number of rotatable bonds is 12. The first-order chi connectivity index (χ1) is 16.2. The minimum Gasteiger partial charge on any atom is -0.480 e. The summed E-state index contributed by atoms with van der Waals surface area (Å²) in [5.74, 6) is -2.79. The van der Waals surface area contributed by atoms with Crippen molar-refractivity contribution in [3.05, 3.63) is 29.8 Å². The summed E-state index contributed by atoms with van der Waals surface area (Å²) in [5, 5.41) is 38.5. The van der Waals surface area contributed by atoms with Crippen molar-refractivity contribution in [1.29, 1.82) is 5.26 Å². The monoisotopic (exact) mass is 493 g/mol. The minimum absolute atomic E-state index is 0.111. The first kappa shape index (κ1) is 27.6. The second-order valence-electron chi connectivity index (χ2n) is 8.12. The highest BCUT2D eigenvalue weighted by molar-refractivity contribution is 8.03. The van der Waals surface area contributed by atoms with Gasteiger partial charge in [0.05, 0.1) is 19.6 Å². The summed E-state index contributed by atoms with van der Waals surface area (Å²) in [5.41, 5.74) is 0.938. The van der Waals surface area contributed by atoms with Crippen LogP contribution in [0.3, 0.4) is 0 Å². The standard InChI is InChI=1S/C22H31N5O6S/c23-17-34-19-3-1-18(2-4-19)13-27(16-22(32)33)12-7-24-5-8-25(14-20(28)29)10-11-26(9-6-24)15-21(30)31/h1-4H,5-16H2,(H,28,29)(H,30,31)(H,32,33). The zero-order valence-electron chi connectivity index (χ0n) is 19.0. The van der Waals surface area contributed by atoms with Gasteiger partial charge in [-0.3, -0.25) is 34.0 Å². The molecule has 3 N–H and O–H groups in total. The van der Waals surface area contributed by atoms with Crippen molar-refractivity contribution < 1.29 is 29.7 Å². The number of carbonyl (C=O) groups is 3. The molecule has 1 aromatic rings. The van der Waals surface area contributed by atoms with Gasteiger partial charge in [0.15, 0.2) is 0 Å². The molecule has 12 heteroatoms. The third-order valence-electron chi connectivity index (χ3n) is 5.50. The summed E-state index contributed by atoms with van der Waals surface area (Å²) in [6, 6.07) is 7.42. The van der Waals surface area contributed by atoms with E-state index >= 15 is 0 Å². The van der Waals surface area contributed by atoms with E-state index in [9.17, 15) is 29.7 Å². The van der Waals surface area contributed by atoms with Crippen molar-refractivity contribution in [2.75, 3.05) is 72.0 Å². The van der Waals surface area contributed by atoms with Crippen molar-refractivity contribution in [3.63, 3.8) is 0 Å². The summed E-state index contributed by atoms with van der Waals surface area (Å²) in [4.78, 5) is 42.2. The Morgan fingerprint density at radius 2 is 1.35 bits per heavy atom. The molecule has 2 rings (SSSR count). The van der Waals surface area contributed by atoms with E-state index in [1.807, 2.05) is 34.6 Å². The molecule has 1 aromatic carbocycles. The summed E-state index contributed by atoms with van der Waals surface area (Å²) >= 11 is 1.07. The van der Waals surface area contributed by atoms with Crippen molar-refractivity contribution in [3.8, 4) is 5.40 Å². The lowest BCUT2D eigenvalue weighted by Gasteiger charge is -2.28. The van der Waals surface area contributed by atoms with Crippen LogP contribution in [-0.4, -0.2) is 125 Å². The number of nitrogens with zero attached hydrogens (tertiary/aromatic N) is 5. The molecule has 1 aliphatic rings. The predicted octanol–water partition coefficient (Wildman–Crippen LogP) is 0.235. The molecule has 0 radical (unpaired) electrons. The van der Waals surface area contributed by atoms with Crippen molar-refractivity contribution in [2.45, 2.75) is 11.4 Å². The molecule has 0 spiro atoms. The lowest BCUT2D eigenvalue weighted by atomic mass is 10.2. The van der Waals surface area contributed by atoms with Gasteiger partial charge in [0.25, 0.3) is 0 Å². The third kappa shape index (κ3) is 11.0. The van der Waals surface area contributed by atoms with Crippen LogP contribution >= 0.6 is 11.8 Å². The molecule has 11 nitrogen and oxygen atoms in total. The van der Waals surface area contributed by atoms with Crippen LogP contribution in [0.2, 0.25) is 0 Å². The first-order valence-electron chi connectivity index (χ1n) is 10.9. The number of nitriles is 1. The van der Waals surface area contributed by atoms with E-state index in [0.29, 0.717) is 58.9 Å². The Morgan fingerprint density at radius 1 is 0.853 bits per heavy atom. The van der Waals surface area contributed by atoms with Gasteiger partial charge in [0.1, 0.15) is 5.40 Å². The SMILES string of the molecule is N#CSc1ccc(CN(CCN2CCN(CC(=O)O)CCN(CC(=O)O)CC2)CC(=O)O)cc1.